The van der Waals surface area contributed by atoms with Gasteiger partial charge in [0.25, 0.3) is 5.91 Å². The Kier molecular flexibility index (Phi) is 17.7. The van der Waals surface area contributed by atoms with E-state index in [4.69, 9.17) is 9.47 Å². The van der Waals surface area contributed by atoms with Gasteiger partial charge in [0, 0.05) is 44.2 Å². The SMILES string of the molecule is CC/C=C/C=C\C(=O)N(/C=C/C[C@H]1C[C@@H](O)[C@@H](C)C/C=C/Cc2cccc(O)c2C(=O)O1)C(=O)N/C=C/C[C@H]1C[C@@H](O)[C@@H](C)C/C=C/Cc2cccc(O)c2C(=O)O1. The van der Waals surface area contributed by atoms with E-state index in [1.54, 1.807) is 36.4 Å². The highest BCUT2D eigenvalue weighted by molar-refractivity contribution is 6.01. The molecule has 310 valence electrons. The van der Waals surface area contributed by atoms with E-state index >= 15 is 0 Å². The van der Waals surface area contributed by atoms with Crippen LogP contribution in [0.25, 0.3) is 0 Å². The van der Waals surface area contributed by atoms with E-state index < -0.39 is 48.3 Å². The number of nitrogens with zero attached hydrogens (tertiary/aromatic N) is 1. The van der Waals surface area contributed by atoms with Crippen LogP contribution in [0.15, 0.2) is 110 Å². The molecule has 0 bridgehead atoms. The van der Waals surface area contributed by atoms with Crippen molar-refractivity contribution in [3.63, 3.8) is 0 Å². The van der Waals surface area contributed by atoms with Gasteiger partial charge in [0.05, 0.1) is 12.2 Å². The topological polar surface area (TPSA) is 183 Å². The molecule has 12 heteroatoms. The molecule has 2 aliphatic rings. The molecule has 0 spiro atoms. The van der Waals surface area contributed by atoms with E-state index in [1.807, 2.05) is 51.2 Å². The van der Waals surface area contributed by atoms with Crippen LogP contribution in [0.2, 0.25) is 0 Å². The van der Waals surface area contributed by atoms with Gasteiger partial charge in [-0.05, 0) is 67.2 Å². The van der Waals surface area contributed by atoms with Crippen molar-refractivity contribution in [3.8, 4) is 11.5 Å². The molecular weight excluding hydrogens is 741 g/mol. The summed E-state index contributed by atoms with van der Waals surface area (Å²) < 4.78 is 11.6. The molecule has 0 saturated carbocycles. The van der Waals surface area contributed by atoms with Gasteiger partial charge in [0.15, 0.2) is 0 Å². The Labute approximate surface area is 340 Å². The van der Waals surface area contributed by atoms with Gasteiger partial charge >= 0.3 is 18.0 Å². The highest BCUT2D eigenvalue weighted by Gasteiger charge is 2.27. The van der Waals surface area contributed by atoms with Crippen molar-refractivity contribution in [1.82, 2.24) is 10.2 Å². The lowest BCUT2D eigenvalue weighted by molar-refractivity contribution is -0.121. The van der Waals surface area contributed by atoms with Crippen molar-refractivity contribution in [2.24, 2.45) is 11.8 Å². The summed E-state index contributed by atoms with van der Waals surface area (Å²) in [4.78, 5) is 54.3. The number of fused-ring (bicyclic) bond motifs is 2. The third-order valence-electron chi connectivity index (χ3n) is 10.1. The van der Waals surface area contributed by atoms with E-state index in [9.17, 15) is 39.6 Å². The summed E-state index contributed by atoms with van der Waals surface area (Å²) in [6, 6.07) is 8.79. The number of aliphatic hydroxyl groups is 2. The van der Waals surface area contributed by atoms with Gasteiger partial charge in [0.2, 0.25) is 0 Å². The smallest absolute Gasteiger partial charge is 0.342 e. The lowest BCUT2D eigenvalue weighted by Crippen LogP contribution is -2.37. The highest BCUT2D eigenvalue weighted by Crippen LogP contribution is 2.28. The summed E-state index contributed by atoms with van der Waals surface area (Å²) in [6.07, 6.45) is 19.2. The molecule has 58 heavy (non-hydrogen) atoms. The van der Waals surface area contributed by atoms with Gasteiger partial charge in [-0.25, -0.2) is 19.3 Å². The summed E-state index contributed by atoms with van der Waals surface area (Å²) in [6.45, 7) is 5.73. The molecule has 0 fully saturated rings. The predicted molar refractivity (Wildman–Crippen MR) is 221 cm³/mol. The third-order valence-corrected chi connectivity index (χ3v) is 10.1. The number of aromatic hydroxyl groups is 2. The number of imide groups is 1. The monoisotopic (exact) mass is 796 g/mol. The Balaban J connectivity index is 1.51. The molecule has 5 N–H and O–H groups in total. The number of phenolic OH excluding ortho intramolecular Hbond substituents is 2. The fraction of sp³-hybridized carbons (Fsp3) is 0.391. The lowest BCUT2D eigenvalue weighted by atomic mass is 9.93. The van der Waals surface area contributed by atoms with Gasteiger partial charge in [-0.15, -0.1) is 0 Å². The van der Waals surface area contributed by atoms with Crippen LogP contribution in [-0.2, 0) is 27.1 Å². The van der Waals surface area contributed by atoms with E-state index in [2.05, 4.69) is 5.32 Å². The minimum atomic E-state index is -0.864. The standard InChI is InChI=1S/C46H56N2O10/c1-4-5-6-7-26-41(53)48(28-15-23-36-30-40(52)32(3)17-9-11-19-34-21-13-25-38(50)43(34)45(55)58-36)46(56)47-27-14-22-35-29-39(51)31(2)16-8-10-18-33-20-12-24-37(49)42(33)44(54)57-35/h5-15,20-21,24-28,31-32,35-36,39-40,49-52H,4,16-19,22-23,29-30H2,1-3H3,(H,47,56)/b6-5+,10-8+,11-9+,26-7-,27-14+,28-15+/t31-,32-,35-,36-,39+,40+/m0/s1. The van der Waals surface area contributed by atoms with Crippen molar-refractivity contribution in [2.45, 2.75) is 103 Å². The van der Waals surface area contributed by atoms with Gasteiger partial charge in [0.1, 0.15) is 34.8 Å². The van der Waals surface area contributed by atoms with Gasteiger partial charge < -0.3 is 35.2 Å². The molecule has 0 saturated heterocycles. The van der Waals surface area contributed by atoms with Crippen molar-refractivity contribution >= 4 is 23.9 Å². The maximum absolute atomic E-state index is 13.5. The maximum Gasteiger partial charge on any atom is 0.342 e. The number of carbonyl (C=O) groups is 4. The number of nitrogens with one attached hydrogen (secondary N) is 1. The number of phenols is 2. The molecule has 3 amide bonds. The second-order valence-corrected chi connectivity index (χ2v) is 14.7. The number of ether oxygens (including phenoxy) is 2. The average molecular weight is 797 g/mol. The summed E-state index contributed by atoms with van der Waals surface area (Å²) in [7, 11) is 0. The number of cyclic esters (lactones) is 2. The van der Waals surface area contributed by atoms with Gasteiger partial charge in [-0.1, -0.05) is 99.7 Å². The minimum absolute atomic E-state index is 0.0307. The Hall–Kier alpha value is -5.72. The number of urea groups is 1. The normalized spacial score (nSPS) is 24.7. The first-order chi connectivity index (χ1) is 27.9. The molecule has 2 aliphatic heterocycles. The number of aliphatic hydroxyl groups excluding tert-OH is 2. The summed E-state index contributed by atoms with van der Waals surface area (Å²) in [5.41, 5.74) is 1.28. The Morgan fingerprint density at radius 2 is 1.28 bits per heavy atom. The molecule has 2 aromatic rings. The lowest BCUT2D eigenvalue weighted by Gasteiger charge is -2.25. The zero-order valence-electron chi connectivity index (χ0n) is 33.4. The van der Waals surface area contributed by atoms with Gasteiger partial charge in [-0.3, -0.25) is 4.79 Å². The van der Waals surface area contributed by atoms with Crippen molar-refractivity contribution in [2.75, 3.05) is 0 Å². The fourth-order valence-corrected chi connectivity index (χ4v) is 6.56. The van der Waals surface area contributed by atoms with Crippen LogP contribution in [0.1, 0.15) is 97.6 Å². The molecule has 2 aromatic carbocycles. The highest BCUT2D eigenvalue weighted by atomic mass is 16.5. The van der Waals surface area contributed by atoms with E-state index in [1.165, 1.54) is 42.8 Å². The molecule has 12 nitrogen and oxygen atoms in total. The number of allylic oxidation sites excluding steroid dienone is 7. The molecule has 6 atom stereocenters. The van der Waals surface area contributed by atoms with Crippen molar-refractivity contribution < 1.29 is 49.1 Å². The van der Waals surface area contributed by atoms with Crippen LogP contribution in [-0.4, -0.2) is 73.6 Å². The summed E-state index contributed by atoms with van der Waals surface area (Å²) in [5, 5.41) is 45.5. The first-order valence-electron chi connectivity index (χ1n) is 19.9. The molecule has 2 heterocycles. The van der Waals surface area contributed by atoms with Crippen LogP contribution < -0.4 is 5.32 Å². The largest absolute Gasteiger partial charge is 0.507 e. The second-order valence-electron chi connectivity index (χ2n) is 14.7. The number of carbonyl (C=O) groups excluding carboxylic acids is 4. The first-order valence-corrected chi connectivity index (χ1v) is 19.9. The first kappa shape index (κ1) is 45.0. The number of hydrogen-bond acceptors (Lipinski definition) is 10. The molecule has 4 rings (SSSR count). The average Bonchev–Trinajstić information content (AvgIpc) is 3.18. The van der Waals surface area contributed by atoms with Crippen molar-refractivity contribution in [3.05, 3.63) is 132 Å². The Morgan fingerprint density at radius 3 is 1.79 bits per heavy atom. The molecule has 0 aromatic heterocycles. The number of hydrogen-bond donors (Lipinski definition) is 5. The van der Waals surface area contributed by atoms with Crippen LogP contribution in [0.3, 0.4) is 0 Å². The van der Waals surface area contributed by atoms with Crippen molar-refractivity contribution in [1.29, 1.82) is 0 Å². The number of benzene rings is 2. The van der Waals surface area contributed by atoms with Gasteiger partial charge in [-0.2, -0.15) is 0 Å². The number of esters is 2. The zero-order valence-corrected chi connectivity index (χ0v) is 33.4. The Morgan fingerprint density at radius 1 is 0.759 bits per heavy atom. The molecular formula is C46H56N2O10. The van der Waals surface area contributed by atoms with E-state index in [0.717, 1.165) is 11.3 Å². The second kappa shape index (κ2) is 22.9. The molecule has 0 unspecified atom stereocenters. The number of amides is 3. The minimum Gasteiger partial charge on any atom is -0.507 e. The molecule has 0 aliphatic carbocycles. The number of rotatable bonds is 9. The third kappa shape index (κ3) is 13.5. The van der Waals surface area contributed by atoms with E-state index in [0.29, 0.717) is 36.8 Å². The zero-order chi connectivity index (χ0) is 42.0. The van der Waals surface area contributed by atoms with Crippen LogP contribution in [0, 0.1) is 11.8 Å². The quantitative estimate of drug-likeness (QED) is 0.0738. The van der Waals surface area contributed by atoms with E-state index in [-0.39, 0.29) is 60.1 Å². The fourth-order valence-electron chi connectivity index (χ4n) is 6.56. The van der Waals surface area contributed by atoms with Crippen LogP contribution in [0.5, 0.6) is 11.5 Å². The maximum atomic E-state index is 13.5. The van der Waals surface area contributed by atoms with Crippen LogP contribution >= 0.6 is 0 Å². The predicted octanol–water partition coefficient (Wildman–Crippen LogP) is 7.50. The summed E-state index contributed by atoms with van der Waals surface area (Å²) >= 11 is 0. The summed E-state index contributed by atoms with van der Waals surface area (Å²) in [5.74, 6) is -2.87. The molecule has 0 radical (unpaired) electrons. The van der Waals surface area contributed by atoms with Crippen LogP contribution in [0.4, 0.5) is 4.79 Å². The Bertz CT molecular complexity index is 1910.